The average molecular weight is 350 g/mol. The normalized spacial score (nSPS) is 26.6. The minimum absolute atomic E-state index is 0.119. The number of anilines is 1. The van der Waals surface area contributed by atoms with Crippen LogP contribution in [0.2, 0.25) is 0 Å². The summed E-state index contributed by atoms with van der Waals surface area (Å²) in [5, 5.41) is 9.24. The molecule has 2 saturated heterocycles. The topological polar surface area (TPSA) is 119 Å². The fourth-order valence-electron chi connectivity index (χ4n) is 3.16. The summed E-state index contributed by atoms with van der Waals surface area (Å²) < 4.78 is 9.97. The lowest BCUT2D eigenvalue weighted by molar-refractivity contribution is -0.150. The third-order valence-corrected chi connectivity index (χ3v) is 4.52. The van der Waals surface area contributed by atoms with Crippen LogP contribution < -0.4 is 15.1 Å². The van der Waals surface area contributed by atoms with Gasteiger partial charge in [-0.1, -0.05) is 0 Å². The van der Waals surface area contributed by atoms with E-state index in [0.717, 1.165) is 0 Å². The number of morpholine rings is 1. The quantitative estimate of drug-likeness (QED) is 0.713. The number of amides is 2. The maximum absolute atomic E-state index is 12.4. The lowest BCUT2D eigenvalue weighted by Crippen LogP contribution is -2.62. The van der Waals surface area contributed by atoms with Crippen LogP contribution in [0.25, 0.3) is 0 Å². The van der Waals surface area contributed by atoms with Gasteiger partial charge in [-0.15, -0.1) is 0 Å². The van der Waals surface area contributed by atoms with Crippen LogP contribution in [0, 0.1) is 0 Å². The maximum Gasteiger partial charge on any atom is 0.414 e. The van der Waals surface area contributed by atoms with E-state index >= 15 is 0 Å². The number of benzene rings is 1. The van der Waals surface area contributed by atoms with Gasteiger partial charge < -0.3 is 20.3 Å². The summed E-state index contributed by atoms with van der Waals surface area (Å²) in [5.74, 6) is -1.36. The zero-order valence-electron chi connectivity index (χ0n) is 13.6. The molecule has 1 aromatic carbocycles. The van der Waals surface area contributed by atoms with E-state index in [1.54, 1.807) is 24.3 Å². The van der Waals surface area contributed by atoms with Gasteiger partial charge in [0.2, 0.25) is 0 Å². The molecule has 2 aliphatic rings. The number of ether oxygens (including phenoxy) is 2. The molecule has 3 rings (SSSR count). The van der Waals surface area contributed by atoms with E-state index in [4.69, 9.17) is 15.2 Å². The predicted octanol–water partition coefficient (Wildman–Crippen LogP) is -0.0808. The van der Waals surface area contributed by atoms with Crippen LogP contribution in [0.15, 0.2) is 24.3 Å². The minimum atomic E-state index is -1.06. The molecule has 2 aliphatic heterocycles. The minimum Gasteiger partial charge on any atom is -0.477 e. The number of nitrogens with zero attached hydrogens (tertiary/aromatic N) is 2. The molecule has 0 spiro atoms. The highest BCUT2D eigenvalue weighted by atomic mass is 16.6. The Labute approximate surface area is 144 Å². The summed E-state index contributed by atoms with van der Waals surface area (Å²) in [6.07, 6.45) is -0.821. The Kier molecular flexibility index (Phi) is 4.71. The van der Waals surface area contributed by atoms with Crippen molar-refractivity contribution in [3.8, 4) is 0 Å². The molecule has 0 saturated carbocycles. The molecule has 2 amide bonds. The van der Waals surface area contributed by atoms with Crippen molar-refractivity contribution in [3.05, 3.63) is 24.3 Å². The summed E-state index contributed by atoms with van der Waals surface area (Å²) in [6, 6.07) is 6.70. The van der Waals surface area contributed by atoms with Crippen molar-refractivity contribution in [2.75, 3.05) is 44.3 Å². The number of carbonyl (C=O) groups is 3. The number of carboxylic acid groups (broad SMARTS) is 1. The van der Waals surface area contributed by atoms with Gasteiger partial charge in [0.1, 0.15) is 18.3 Å². The Morgan fingerprint density at radius 3 is 2.60 bits per heavy atom. The number of hydrogen-bond donors (Lipinski definition) is 2. The highest BCUT2D eigenvalue weighted by Crippen LogP contribution is 2.30. The van der Waals surface area contributed by atoms with E-state index in [0.29, 0.717) is 24.5 Å². The summed E-state index contributed by atoms with van der Waals surface area (Å²) in [7, 11) is 0. The highest BCUT2D eigenvalue weighted by Gasteiger charge is 2.44. The average Bonchev–Trinajstić information content (AvgIpc) is 2.98. The van der Waals surface area contributed by atoms with Gasteiger partial charge in [-0.05, 0) is 12.1 Å². The number of aliphatic carboxylic acids is 1. The smallest absolute Gasteiger partial charge is 0.414 e. The largest absolute Gasteiger partial charge is 0.477 e. The van der Waals surface area contributed by atoms with Crippen LogP contribution in [0.4, 0.5) is 16.2 Å². The van der Waals surface area contributed by atoms with Gasteiger partial charge >= 0.3 is 18.0 Å². The molecule has 0 radical (unpaired) electrons. The van der Waals surface area contributed by atoms with E-state index in [9.17, 15) is 19.5 Å². The lowest BCUT2D eigenvalue weighted by atomic mass is 10.1. The van der Waals surface area contributed by atoms with Gasteiger partial charge in [0.25, 0.3) is 0 Å². The van der Waals surface area contributed by atoms with E-state index in [-0.39, 0.29) is 42.7 Å². The molecule has 1 aromatic rings. The molecular weight excluding hydrogens is 330 g/mol. The first kappa shape index (κ1) is 17.3. The number of carbonyl (C=O) groups excluding carboxylic acids is 2. The Hall–Kier alpha value is -2.49. The summed E-state index contributed by atoms with van der Waals surface area (Å²) in [4.78, 5) is 37.1. The Bertz CT molecular complexity index is 692. The number of hydrogen-bond acceptors (Lipinski definition) is 6. The first-order valence-corrected chi connectivity index (χ1v) is 7.95. The van der Waals surface area contributed by atoms with E-state index < -0.39 is 12.1 Å². The number of carboxylic acids is 1. The first-order valence-electron chi connectivity index (χ1n) is 7.95. The fourth-order valence-corrected chi connectivity index (χ4v) is 3.16. The SMILES string of the molecule is NC[C@H]1CN(c2ccc([N+]3(CC(=O)O)CCOCC3=O)cc2)C(=O)O1. The van der Waals surface area contributed by atoms with Crippen molar-refractivity contribution in [2.45, 2.75) is 6.10 Å². The zero-order valence-corrected chi connectivity index (χ0v) is 13.6. The monoisotopic (exact) mass is 350 g/mol. The summed E-state index contributed by atoms with van der Waals surface area (Å²) >= 11 is 0. The van der Waals surface area contributed by atoms with Gasteiger partial charge in [0.15, 0.2) is 13.2 Å². The number of nitrogens with two attached hydrogens (primary N) is 1. The van der Waals surface area contributed by atoms with Gasteiger partial charge in [-0.25, -0.2) is 18.9 Å². The van der Waals surface area contributed by atoms with Crippen molar-refractivity contribution in [1.29, 1.82) is 0 Å². The molecule has 0 bridgehead atoms. The van der Waals surface area contributed by atoms with Crippen molar-refractivity contribution in [1.82, 2.24) is 4.48 Å². The molecule has 2 fully saturated rings. The first-order chi connectivity index (χ1) is 12.0. The van der Waals surface area contributed by atoms with Crippen molar-refractivity contribution < 1.29 is 29.0 Å². The number of cyclic esters (lactones) is 1. The van der Waals surface area contributed by atoms with Gasteiger partial charge in [0.05, 0.1) is 13.2 Å². The molecule has 134 valence electrons. The lowest BCUT2D eigenvalue weighted by Gasteiger charge is -2.36. The summed E-state index contributed by atoms with van der Waals surface area (Å²) in [6.45, 7) is 0.696. The Morgan fingerprint density at radius 2 is 2.04 bits per heavy atom. The van der Waals surface area contributed by atoms with Crippen LogP contribution in [-0.4, -0.2) is 68.6 Å². The van der Waals surface area contributed by atoms with Gasteiger partial charge in [-0.3, -0.25) is 4.90 Å². The second kappa shape index (κ2) is 6.79. The van der Waals surface area contributed by atoms with Gasteiger partial charge in [-0.2, -0.15) is 0 Å². The molecule has 9 heteroatoms. The van der Waals surface area contributed by atoms with Crippen LogP contribution in [0.3, 0.4) is 0 Å². The second-order valence-electron chi connectivity index (χ2n) is 6.06. The summed E-state index contributed by atoms with van der Waals surface area (Å²) in [5.41, 5.74) is 6.69. The second-order valence-corrected chi connectivity index (χ2v) is 6.06. The molecule has 2 atom stereocenters. The fraction of sp³-hybridized carbons (Fsp3) is 0.438. The van der Waals surface area contributed by atoms with Crippen molar-refractivity contribution in [2.24, 2.45) is 5.73 Å². The molecule has 2 heterocycles. The Balaban J connectivity index is 1.88. The van der Waals surface area contributed by atoms with Crippen molar-refractivity contribution >= 4 is 29.3 Å². The number of quaternary nitrogens is 1. The Morgan fingerprint density at radius 1 is 1.32 bits per heavy atom. The van der Waals surface area contributed by atoms with Crippen LogP contribution in [0.5, 0.6) is 0 Å². The molecule has 25 heavy (non-hydrogen) atoms. The van der Waals surface area contributed by atoms with Crippen LogP contribution in [-0.2, 0) is 19.1 Å². The molecular formula is C16H20N3O6+. The number of rotatable bonds is 5. The van der Waals surface area contributed by atoms with E-state index in [2.05, 4.69) is 0 Å². The highest BCUT2D eigenvalue weighted by molar-refractivity contribution is 5.95. The standard InChI is InChI=1S/C16H19N3O6/c17-7-13-8-18(16(23)25-13)11-1-3-12(4-2-11)19(9-15(21)22)5-6-24-10-14(19)20/h1-4,13H,5-10,17H2/p+1/t13-,19?/m0/s1. The van der Waals surface area contributed by atoms with Gasteiger partial charge in [0, 0.05) is 24.4 Å². The third-order valence-electron chi connectivity index (χ3n) is 4.52. The molecule has 9 nitrogen and oxygen atoms in total. The van der Waals surface area contributed by atoms with Crippen molar-refractivity contribution in [3.63, 3.8) is 0 Å². The third kappa shape index (κ3) is 3.21. The molecule has 0 aromatic heterocycles. The van der Waals surface area contributed by atoms with E-state index in [1.807, 2.05) is 0 Å². The van der Waals surface area contributed by atoms with Crippen LogP contribution >= 0.6 is 0 Å². The maximum atomic E-state index is 12.4. The molecule has 3 N–H and O–H groups in total. The van der Waals surface area contributed by atoms with E-state index in [1.165, 1.54) is 4.90 Å². The molecule has 0 aliphatic carbocycles. The molecule has 1 unspecified atom stereocenters. The zero-order chi connectivity index (χ0) is 18.0. The van der Waals surface area contributed by atoms with Crippen LogP contribution in [0.1, 0.15) is 0 Å². The predicted molar refractivity (Wildman–Crippen MR) is 88.1 cm³/mol.